The summed E-state index contributed by atoms with van der Waals surface area (Å²) < 4.78 is 0. The summed E-state index contributed by atoms with van der Waals surface area (Å²) in [6.07, 6.45) is 0. The van der Waals surface area contributed by atoms with Crippen molar-refractivity contribution >= 4 is 58.0 Å². The maximum atomic E-state index is 13.3. The molecule has 0 aromatic heterocycles. The monoisotopic (exact) mass is 425 g/mol. The Hall–Kier alpha value is -2.53. The zero-order valence-corrected chi connectivity index (χ0v) is 16.8. The van der Waals surface area contributed by atoms with Crippen LogP contribution in [-0.2, 0) is 9.59 Å². The molecule has 138 valence electrons. The van der Waals surface area contributed by atoms with Gasteiger partial charge in [-0.25, -0.2) is 4.90 Å². The van der Waals surface area contributed by atoms with Crippen LogP contribution in [0.2, 0.25) is 10.0 Å². The van der Waals surface area contributed by atoms with Gasteiger partial charge in [0.25, 0.3) is 11.8 Å². The molecule has 3 aromatic rings. The highest BCUT2D eigenvalue weighted by molar-refractivity contribution is 8.04. The van der Waals surface area contributed by atoms with Crippen molar-refractivity contribution in [2.24, 2.45) is 0 Å². The molecule has 0 N–H and O–H groups in total. The molecule has 6 heteroatoms. The normalized spacial score (nSPS) is 14.1. The molecule has 2 amide bonds. The van der Waals surface area contributed by atoms with Crippen LogP contribution in [0, 0.1) is 0 Å². The molecule has 3 nitrogen and oxygen atoms in total. The number of amides is 2. The average Bonchev–Trinajstić information content (AvgIpc) is 2.94. The predicted molar refractivity (Wildman–Crippen MR) is 115 cm³/mol. The third-order valence-corrected chi connectivity index (χ3v) is 5.78. The van der Waals surface area contributed by atoms with E-state index in [1.165, 1.54) is 16.7 Å². The zero-order chi connectivity index (χ0) is 19.7. The van der Waals surface area contributed by atoms with Crippen molar-refractivity contribution in [1.82, 2.24) is 0 Å². The van der Waals surface area contributed by atoms with Gasteiger partial charge in [0.1, 0.15) is 0 Å². The summed E-state index contributed by atoms with van der Waals surface area (Å²) in [5, 5.41) is 1.06. The largest absolute Gasteiger partial charge is 0.272 e. The summed E-state index contributed by atoms with van der Waals surface area (Å²) in [4.78, 5) is 28.9. The fraction of sp³-hybridized carbons (Fsp3) is 0. The van der Waals surface area contributed by atoms with Gasteiger partial charge < -0.3 is 0 Å². The second kappa shape index (κ2) is 7.84. The fourth-order valence-corrected chi connectivity index (χ4v) is 4.24. The van der Waals surface area contributed by atoms with Gasteiger partial charge in [-0.15, -0.1) is 0 Å². The van der Waals surface area contributed by atoms with Crippen LogP contribution < -0.4 is 4.90 Å². The number of thioether (sulfide) groups is 1. The van der Waals surface area contributed by atoms with E-state index in [4.69, 9.17) is 23.2 Å². The maximum Gasteiger partial charge on any atom is 0.272 e. The maximum absolute atomic E-state index is 13.3. The van der Waals surface area contributed by atoms with Gasteiger partial charge in [0, 0.05) is 14.9 Å². The summed E-state index contributed by atoms with van der Waals surface area (Å²) in [7, 11) is 0. The summed E-state index contributed by atoms with van der Waals surface area (Å²) in [5.74, 6) is -0.735. The van der Waals surface area contributed by atoms with Crippen LogP contribution in [0.5, 0.6) is 0 Å². The molecular weight excluding hydrogens is 413 g/mol. The molecule has 0 fully saturated rings. The molecule has 0 atom stereocenters. The molecule has 0 radical (unpaired) electrons. The molecular formula is C22H13Cl2NO2S. The number of anilines is 1. The van der Waals surface area contributed by atoms with E-state index in [1.54, 1.807) is 36.4 Å². The van der Waals surface area contributed by atoms with Gasteiger partial charge in [-0.05, 0) is 48.0 Å². The second-order valence-corrected chi connectivity index (χ2v) is 8.01. The number of imide groups is 1. The first kappa shape index (κ1) is 18.8. The van der Waals surface area contributed by atoms with E-state index in [0.717, 1.165) is 4.90 Å². The summed E-state index contributed by atoms with van der Waals surface area (Å²) >= 11 is 13.3. The molecule has 0 aliphatic carbocycles. The number of benzene rings is 3. The third-order valence-electron chi connectivity index (χ3n) is 4.20. The first-order valence-electron chi connectivity index (χ1n) is 8.42. The average molecular weight is 426 g/mol. The summed E-state index contributed by atoms with van der Waals surface area (Å²) in [5.41, 5.74) is 1.52. The van der Waals surface area contributed by atoms with Crippen LogP contribution in [0.3, 0.4) is 0 Å². The van der Waals surface area contributed by atoms with Gasteiger partial charge in [-0.1, -0.05) is 71.4 Å². The number of rotatable bonds is 4. The van der Waals surface area contributed by atoms with Gasteiger partial charge >= 0.3 is 0 Å². The van der Waals surface area contributed by atoms with Gasteiger partial charge in [-0.3, -0.25) is 9.59 Å². The molecule has 0 saturated heterocycles. The first-order chi connectivity index (χ1) is 13.5. The van der Waals surface area contributed by atoms with E-state index in [2.05, 4.69) is 0 Å². The number of hydrogen-bond acceptors (Lipinski definition) is 3. The minimum Gasteiger partial charge on any atom is -0.268 e. The molecule has 1 heterocycles. The van der Waals surface area contributed by atoms with E-state index in [1.807, 2.05) is 42.5 Å². The standard InChI is InChI=1S/C22H13Cl2NO2S/c23-15-9-11-18(12-10-15)28-20-19(14-5-2-1-3-6-14)21(26)25(22(20)27)17-8-4-7-16(24)13-17/h1-13H. The Morgan fingerprint density at radius 2 is 1.43 bits per heavy atom. The number of nitrogens with zero attached hydrogens (tertiary/aromatic N) is 1. The molecule has 0 unspecified atom stereocenters. The lowest BCUT2D eigenvalue weighted by Crippen LogP contribution is -2.31. The molecule has 1 aliphatic heterocycles. The second-order valence-electron chi connectivity index (χ2n) is 6.05. The Morgan fingerprint density at radius 3 is 2.11 bits per heavy atom. The fourth-order valence-electron chi connectivity index (χ4n) is 2.93. The van der Waals surface area contributed by atoms with Gasteiger partial charge in [0.2, 0.25) is 0 Å². The van der Waals surface area contributed by atoms with Crippen LogP contribution in [-0.4, -0.2) is 11.8 Å². The first-order valence-corrected chi connectivity index (χ1v) is 9.99. The Bertz CT molecular complexity index is 1100. The lowest BCUT2D eigenvalue weighted by molar-refractivity contribution is -0.119. The Balaban J connectivity index is 1.81. The molecule has 0 spiro atoms. The van der Waals surface area contributed by atoms with Crippen molar-refractivity contribution in [2.45, 2.75) is 4.90 Å². The number of carbonyl (C=O) groups is 2. The van der Waals surface area contributed by atoms with Gasteiger partial charge in [0.05, 0.1) is 16.2 Å². The minimum atomic E-state index is -0.369. The Labute approximate surface area is 176 Å². The molecule has 1 aliphatic rings. The number of halogens is 2. The van der Waals surface area contributed by atoms with E-state index in [-0.39, 0.29) is 11.8 Å². The lowest BCUT2D eigenvalue weighted by atomic mass is 10.1. The third kappa shape index (κ3) is 3.59. The number of carbonyl (C=O) groups excluding carboxylic acids is 2. The molecule has 3 aromatic carbocycles. The minimum absolute atomic E-state index is 0.366. The van der Waals surface area contributed by atoms with Crippen molar-refractivity contribution in [3.63, 3.8) is 0 Å². The highest BCUT2D eigenvalue weighted by Gasteiger charge is 2.40. The van der Waals surface area contributed by atoms with Gasteiger partial charge in [-0.2, -0.15) is 0 Å². The quantitative estimate of drug-likeness (QED) is 0.475. The zero-order valence-electron chi connectivity index (χ0n) is 14.4. The van der Waals surface area contributed by atoms with Crippen LogP contribution in [0.1, 0.15) is 5.56 Å². The highest BCUT2D eigenvalue weighted by atomic mass is 35.5. The van der Waals surface area contributed by atoms with E-state index >= 15 is 0 Å². The SMILES string of the molecule is O=C1C(Sc2ccc(Cl)cc2)=C(c2ccccc2)C(=O)N1c1cccc(Cl)c1. The van der Waals surface area contributed by atoms with Crippen LogP contribution in [0.15, 0.2) is 88.7 Å². The molecule has 0 bridgehead atoms. The van der Waals surface area contributed by atoms with Crippen LogP contribution in [0.4, 0.5) is 5.69 Å². The summed E-state index contributed by atoms with van der Waals surface area (Å²) in [6.45, 7) is 0. The molecule has 28 heavy (non-hydrogen) atoms. The van der Waals surface area contributed by atoms with Crippen molar-refractivity contribution in [1.29, 1.82) is 0 Å². The lowest BCUT2D eigenvalue weighted by Gasteiger charge is -2.15. The Kier molecular flexibility index (Phi) is 5.27. The highest BCUT2D eigenvalue weighted by Crippen LogP contribution is 2.41. The van der Waals surface area contributed by atoms with Crippen LogP contribution >= 0.6 is 35.0 Å². The molecule has 4 rings (SSSR count). The van der Waals surface area contributed by atoms with E-state index in [0.29, 0.717) is 31.8 Å². The predicted octanol–water partition coefficient (Wildman–Crippen LogP) is 6.07. The van der Waals surface area contributed by atoms with Crippen LogP contribution in [0.25, 0.3) is 5.57 Å². The van der Waals surface area contributed by atoms with E-state index < -0.39 is 0 Å². The topological polar surface area (TPSA) is 37.4 Å². The molecule has 0 saturated carbocycles. The smallest absolute Gasteiger partial charge is 0.268 e. The number of hydrogen-bond donors (Lipinski definition) is 0. The van der Waals surface area contributed by atoms with Crippen molar-refractivity contribution in [3.05, 3.63) is 99.4 Å². The van der Waals surface area contributed by atoms with Crippen molar-refractivity contribution in [3.8, 4) is 0 Å². The van der Waals surface area contributed by atoms with E-state index in [9.17, 15) is 9.59 Å². The van der Waals surface area contributed by atoms with Gasteiger partial charge in [0.15, 0.2) is 0 Å². The summed E-state index contributed by atoms with van der Waals surface area (Å²) in [6, 6.07) is 23.1. The Morgan fingerprint density at radius 1 is 0.714 bits per heavy atom. The van der Waals surface area contributed by atoms with Crippen molar-refractivity contribution < 1.29 is 9.59 Å². The van der Waals surface area contributed by atoms with Crippen molar-refractivity contribution in [2.75, 3.05) is 4.90 Å².